The lowest BCUT2D eigenvalue weighted by molar-refractivity contribution is 0.152. The number of nitrogens with one attached hydrogen (secondary N) is 2. The number of aromatic nitrogens is 2. The Balaban J connectivity index is 1.62. The quantitative estimate of drug-likeness (QED) is 0.733. The summed E-state index contributed by atoms with van der Waals surface area (Å²) in [6, 6.07) is 12.3. The van der Waals surface area contributed by atoms with Gasteiger partial charge in [-0.25, -0.2) is 9.78 Å². The van der Waals surface area contributed by atoms with E-state index in [4.69, 9.17) is 27.9 Å². The predicted octanol–water partition coefficient (Wildman–Crippen LogP) is 4.62. The number of anilines is 1. The summed E-state index contributed by atoms with van der Waals surface area (Å²) in [4.78, 5) is 19.2. The molecular weight excluding hydrogens is 325 g/mol. The van der Waals surface area contributed by atoms with E-state index in [-0.39, 0.29) is 6.61 Å². The van der Waals surface area contributed by atoms with Crippen LogP contribution in [-0.2, 0) is 11.3 Å². The van der Waals surface area contributed by atoms with Crippen LogP contribution in [0, 0.1) is 0 Å². The zero-order valence-corrected chi connectivity index (χ0v) is 12.8. The van der Waals surface area contributed by atoms with Crippen LogP contribution < -0.4 is 5.32 Å². The Morgan fingerprint density at radius 3 is 2.64 bits per heavy atom. The van der Waals surface area contributed by atoms with Crippen molar-refractivity contribution in [3.63, 3.8) is 0 Å². The van der Waals surface area contributed by atoms with Gasteiger partial charge in [-0.3, -0.25) is 5.32 Å². The van der Waals surface area contributed by atoms with Gasteiger partial charge >= 0.3 is 6.09 Å². The first-order valence-electron chi connectivity index (χ1n) is 6.44. The third kappa shape index (κ3) is 3.50. The Hall–Kier alpha value is -2.24. The zero-order chi connectivity index (χ0) is 15.5. The summed E-state index contributed by atoms with van der Waals surface area (Å²) in [7, 11) is 0. The fourth-order valence-corrected chi connectivity index (χ4v) is 2.51. The van der Waals surface area contributed by atoms with Crippen molar-refractivity contribution in [3.8, 4) is 0 Å². The molecule has 2 aromatic carbocycles. The van der Waals surface area contributed by atoms with Crippen molar-refractivity contribution >= 4 is 46.0 Å². The molecule has 0 radical (unpaired) electrons. The van der Waals surface area contributed by atoms with Gasteiger partial charge in [0, 0.05) is 15.7 Å². The molecule has 0 aliphatic carbocycles. The highest BCUT2D eigenvalue weighted by Crippen LogP contribution is 2.22. The molecule has 2 N–H and O–H groups in total. The maximum atomic E-state index is 11.8. The Bertz CT molecular complexity index is 779. The molecule has 0 saturated carbocycles. The summed E-state index contributed by atoms with van der Waals surface area (Å²) >= 11 is 11.7. The van der Waals surface area contributed by atoms with Gasteiger partial charge in [-0.15, -0.1) is 0 Å². The summed E-state index contributed by atoms with van der Waals surface area (Å²) in [5.41, 5.74) is 2.18. The molecule has 7 heteroatoms. The van der Waals surface area contributed by atoms with Gasteiger partial charge in [0.15, 0.2) is 6.61 Å². The average molecular weight is 336 g/mol. The van der Waals surface area contributed by atoms with E-state index in [1.807, 2.05) is 24.3 Å². The molecule has 5 nitrogen and oxygen atoms in total. The predicted molar refractivity (Wildman–Crippen MR) is 86.4 cm³/mol. The minimum atomic E-state index is -0.612. The van der Waals surface area contributed by atoms with Gasteiger partial charge in [-0.05, 0) is 30.3 Å². The molecule has 3 aromatic rings. The second kappa shape index (κ2) is 6.25. The van der Waals surface area contributed by atoms with Crippen LogP contribution in [0.3, 0.4) is 0 Å². The van der Waals surface area contributed by atoms with Crippen molar-refractivity contribution in [2.24, 2.45) is 0 Å². The number of rotatable bonds is 3. The fourth-order valence-electron chi connectivity index (χ4n) is 1.99. The number of ether oxygens (including phenoxy) is 1. The number of halogens is 2. The Morgan fingerprint density at radius 2 is 1.91 bits per heavy atom. The van der Waals surface area contributed by atoms with Gasteiger partial charge in [0.05, 0.1) is 11.0 Å². The third-order valence-electron chi connectivity index (χ3n) is 2.89. The first-order valence-corrected chi connectivity index (χ1v) is 7.19. The van der Waals surface area contributed by atoms with Crippen LogP contribution in [0.4, 0.5) is 10.5 Å². The number of amides is 1. The van der Waals surface area contributed by atoms with Gasteiger partial charge in [-0.1, -0.05) is 35.3 Å². The average Bonchev–Trinajstić information content (AvgIpc) is 2.87. The second-order valence-electron chi connectivity index (χ2n) is 4.56. The molecule has 1 heterocycles. The highest BCUT2D eigenvalue weighted by Gasteiger charge is 2.08. The van der Waals surface area contributed by atoms with Gasteiger partial charge < -0.3 is 9.72 Å². The van der Waals surface area contributed by atoms with Crippen molar-refractivity contribution in [1.29, 1.82) is 0 Å². The topological polar surface area (TPSA) is 67.0 Å². The number of nitrogens with zero attached hydrogens (tertiary/aromatic N) is 1. The summed E-state index contributed by atoms with van der Waals surface area (Å²) < 4.78 is 5.11. The number of carbonyl (C=O) groups is 1. The normalized spacial score (nSPS) is 10.6. The van der Waals surface area contributed by atoms with E-state index >= 15 is 0 Å². The SMILES string of the molecule is O=C(Nc1cc(Cl)cc(Cl)c1)OCc1nc2ccccc2[nH]1. The van der Waals surface area contributed by atoms with Crippen LogP contribution in [0.25, 0.3) is 11.0 Å². The molecule has 0 fully saturated rings. The number of aromatic amines is 1. The molecule has 112 valence electrons. The number of hydrogen-bond donors (Lipinski definition) is 2. The van der Waals surface area contributed by atoms with E-state index in [2.05, 4.69) is 15.3 Å². The van der Waals surface area contributed by atoms with Crippen LogP contribution in [0.15, 0.2) is 42.5 Å². The monoisotopic (exact) mass is 335 g/mol. The van der Waals surface area contributed by atoms with Crippen LogP contribution in [0.1, 0.15) is 5.82 Å². The summed E-state index contributed by atoms with van der Waals surface area (Å²) in [6.07, 6.45) is -0.612. The molecule has 0 aliphatic rings. The molecule has 3 rings (SSSR count). The highest BCUT2D eigenvalue weighted by molar-refractivity contribution is 6.35. The van der Waals surface area contributed by atoms with E-state index in [0.717, 1.165) is 11.0 Å². The van der Waals surface area contributed by atoms with Crippen molar-refractivity contribution in [2.75, 3.05) is 5.32 Å². The van der Waals surface area contributed by atoms with Crippen molar-refractivity contribution in [3.05, 3.63) is 58.3 Å². The Morgan fingerprint density at radius 1 is 1.18 bits per heavy atom. The molecule has 0 aliphatic heterocycles. The van der Waals surface area contributed by atoms with Crippen LogP contribution in [-0.4, -0.2) is 16.1 Å². The number of hydrogen-bond acceptors (Lipinski definition) is 3. The molecule has 0 unspecified atom stereocenters. The van der Waals surface area contributed by atoms with E-state index in [1.54, 1.807) is 18.2 Å². The molecule has 1 amide bonds. The number of H-pyrrole nitrogens is 1. The van der Waals surface area contributed by atoms with Crippen molar-refractivity contribution < 1.29 is 9.53 Å². The molecular formula is C15H11Cl2N3O2. The lowest BCUT2D eigenvalue weighted by Gasteiger charge is -2.06. The van der Waals surface area contributed by atoms with Crippen LogP contribution in [0.5, 0.6) is 0 Å². The highest BCUT2D eigenvalue weighted by atomic mass is 35.5. The van der Waals surface area contributed by atoms with Gasteiger partial charge in [0.1, 0.15) is 5.82 Å². The largest absolute Gasteiger partial charge is 0.441 e. The fraction of sp³-hybridized carbons (Fsp3) is 0.0667. The summed E-state index contributed by atoms with van der Waals surface area (Å²) in [5, 5.41) is 3.42. The lowest BCUT2D eigenvalue weighted by Crippen LogP contribution is -2.13. The van der Waals surface area contributed by atoms with Crippen LogP contribution >= 0.6 is 23.2 Å². The van der Waals surface area contributed by atoms with Crippen molar-refractivity contribution in [1.82, 2.24) is 9.97 Å². The first-order chi connectivity index (χ1) is 10.6. The standard InChI is InChI=1S/C15H11Cl2N3O2/c16-9-5-10(17)7-11(6-9)18-15(21)22-8-14-19-12-3-1-2-4-13(12)20-14/h1-7H,8H2,(H,18,21)(H,19,20). The molecule has 0 spiro atoms. The number of fused-ring (bicyclic) bond motifs is 1. The molecule has 1 aromatic heterocycles. The number of para-hydroxylation sites is 2. The maximum Gasteiger partial charge on any atom is 0.412 e. The lowest BCUT2D eigenvalue weighted by atomic mass is 10.3. The molecule has 22 heavy (non-hydrogen) atoms. The summed E-state index contributed by atoms with van der Waals surface area (Å²) in [6.45, 7) is 0.0365. The van der Waals surface area contributed by atoms with E-state index < -0.39 is 6.09 Å². The smallest absolute Gasteiger partial charge is 0.412 e. The molecule has 0 bridgehead atoms. The van der Waals surface area contributed by atoms with E-state index in [9.17, 15) is 4.79 Å². The maximum absolute atomic E-state index is 11.8. The van der Waals surface area contributed by atoms with Gasteiger partial charge in [-0.2, -0.15) is 0 Å². The third-order valence-corrected chi connectivity index (χ3v) is 3.32. The number of carbonyl (C=O) groups excluding carboxylic acids is 1. The van der Waals surface area contributed by atoms with E-state index in [0.29, 0.717) is 21.6 Å². The van der Waals surface area contributed by atoms with Gasteiger partial charge in [0.25, 0.3) is 0 Å². The van der Waals surface area contributed by atoms with Crippen molar-refractivity contribution in [2.45, 2.75) is 6.61 Å². The Labute approximate surface area is 136 Å². The minimum absolute atomic E-state index is 0.0365. The first kappa shape index (κ1) is 14.7. The van der Waals surface area contributed by atoms with Gasteiger partial charge in [0.2, 0.25) is 0 Å². The number of benzene rings is 2. The molecule has 0 atom stereocenters. The van der Waals surface area contributed by atoms with E-state index in [1.165, 1.54) is 0 Å². The number of imidazole rings is 1. The zero-order valence-electron chi connectivity index (χ0n) is 11.3. The Kier molecular flexibility index (Phi) is 4.18. The summed E-state index contributed by atoms with van der Waals surface area (Å²) in [5.74, 6) is 0.570. The minimum Gasteiger partial charge on any atom is -0.441 e. The van der Waals surface area contributed by atoms with Crippen LogP contribution in [0.2, 0.25) is 10.0 Å². The molecule has 0 saturated heterocycles. The second-order valence-corrected chi connectivity index (χ2v) is 5.43.